The van der Waals surface area contributed by atoms with Crippen molar-refractivity contribution in [2.24, 2.45) is 0 Å². The number of nitro benzene ring substituents is 1. The summed E-state index contributed by atoms with van der Waals surface area (Å²) in [5.74, 6) is 0. The number of thioether (sulfide) groups is 1. The lowest BCUT2D eigenvalue weighted by atomic mass is 10.3. The summed E-state index contributed by atoms with van der Waals surface area (Å²) in [6.07, 6.45) is 1.86. The molecule has 0 atom stereocenters. The van der Waals surface area contributed by atoms with Gasteiger partial charge in [-0.25, -0.2) is 0 Å². The summed E-state index contributed by atoms with van der Waals surface area (Å²) in [6.45, 7) is 0. The van der Waals surface area contributed by atoms with Gasteiger partial charge in [0, 0.05) is 17.8 Å². The number of nitrogens with zero attached hydrogens (tertiary/aromatic N) is 1. The number of hydrogen-bond acceptors (Lipinski definition) is 4. The first-order chi connectivity index (χ1) is 6.63. The van der Waals surface area contributed by atoms with Gasteiger partial charge in [-0.1, -0.05) is 12.2 Å². The van der Waals surface area contributed by atoms with Gasteiger partial charge in [-0.2, -0.15) is 0 Å². The number of nitro groups is 1. The Bertz CT molecular complexity index is 351. The minimum absolute atomic E-state index is 0.0746. The Morgan fingerprint density at radius 1 is 1.50 bits per heavy atom. The Balaban J connectivity index is 2.73. The van der Waals surface area contributed by atoms with Crippen molar-refractivity contribution in [2.75, 3.05) is 11.6 Å². The van der Waals surface area contributed by atoms with E-state index in [4.69, 9.17) is 12.2 Å². The maximum atomic E-state index is 10.3. The maximum absolute atomic E-state index is 10.3. The molecule has 0 bridgehead atoms. The predicted molar refractivity (Wildman–Crippen MR) is 62.8 cm³/mol. The summed E-state index contributed by atoms with van der Waals surface area (Å²) in [4.78, 5) is 9.91. The van der Waals surface area contributed by atoms with E-state index in [0.717, 1.165) is 5.69 Å². The minimum Gasteiger partial charge on any atom is -0.341 e. The molecule has 0 fully saturated rings. The third-order valence-corrected chi connectivity index (χ3v) is 2.58. The molecule has 0 spiro atoms. The van der Waals surface area contributed by atoms with Crippen molar-refractivity contribution in [1.82, 2.24) is 0 Å². The quantitative estimate of drug-likeness (QED) is 0.479. The molecule has 1 aromatic rings. The van der Waals surface area contributed by atoms with Crippen LogP contribution in [0, 0.1) is 10.1 Å². The van der Waals surface area contributed by atoms with Crippen LogP contribution in [0.1, 0.15) is 0 Å². The Morgan fingerprint density at radius 2 is 2.07 bits per heavy atom. The second-order valence-electron chi connectivity index (χ2n) is 2.42. The highest BCUT2D eigenvalue weighted by Crippen LogP contribution is 2.16. The van der Waals surface area contributed by atoms with Crippen LogP contribution in [0.25, 0.3) is 0 Å². The van der Waals surface area contributed by atoms with Crippen molar-refractivity contribution < 1.29 is 4.92 Å². The lowest BCUT2D eigenvalue weighted by Gasteiger charge is -2.03. The van der Waals surface area contributed by atoms with Gasteiger partial charge in [0.05, 0.1) is 4.92 Å². The maximum Gasteiger partial charge on any atom is 0.269 e. The minimum atomic E-state index is -0.434. The number of benzene rings is 1. The molecule has 0 saturated heterocycles. The molecule has 0 unspecified atom stereocenters. The molecule has 0 aromatic heterocycles. The lowest BCUT2D eigenvalue weighted by Crippen LogP contribution is -2.03. The van der Waals surface area contributed by atoms with Crippen LogP contribution >= 0.6 is 24.0 Å². The van der Waals surface area contributed by atoms with Crippen LogP contribution in [0.2, 0.25) is 0 Å². The van der Waals surface area contributed by atoms with Gasteiger partial charge in [0.15, 0.2) is 0 Å². The molecule has 14 heavy (non-hydrogen) atoms. The largest absolute Gasteiger partial charge is 0.341 e. The highest BCUT2D eigenvalue weighted by Gasteiger charge is 2.03. The Morgan fingerprint density at radius 3 is 2.50 bits per heavy atom. The van der Waals surface area contributed by atoms with Crippen molar-refractivity contribution in [1.29, 1.82) is 0 Å². The van der Waals surface area contributed by atoms with Crippen LogP contribution in [0.3, 0.4) is 0 Å². The first kappa shape index (κ1) is 10.9. The fraction of sp³-hybridized carbons (Fsp3) is 0.125. The van der Waals surface area contributed by atoms with E-state index in [2.05, 4.69) is 5.32 Å². The SMILES string of the molecule is CSC(=S)Nc1ccc([N+](=O)[O-])cc1. The molecule has 1 aromatic carbocycles. The molecule has 0 aliphatic rings. The zero-order chi connectivity index (χ0) is 10.6. The number of non-ortho nitro benzene ring substituents is 1. The molecule has 0 radical (unpaired) electrons. The van der Waals surface area contributed by atoms with Crippen LogP contribution in [-0.2, 0) is 0 Å². The van der Waals surface area contributed by atoms with E-state index in [9.17, 15) is 10.1 Å². The van der Waals surface area contributed by atoms with Crippen molar-refractivity contribution in [3.8, 4) is 0 Å². The van der Waals surface area contributed by atoms with Crippen LogP contribution in [0.4, 0.5) is 11.4 Å². The summed E-state index contributed by atoms with van der Waals surface area (Å²) in [5.41, 5.74) is 0.834. The molecule has 0 aliphatic heterocycles. The summed E-state index contributed by atoms with van der Waals surface area (Å²) >= 11 is 6.36. The van der Waals surface area contributed by atoms with Crippen LogP contribution in [0.5, 0.6) is 0 Å². The van der Waals surface area contributed by atoms with Crippen LogP contribution in [0.15, 0.2) is 24.3 Å². The molecule has 0 amide bonds. The zero-order valence-corrected chi connectivity index (χ0v) is 9.02. The van der Waals surface area contributed by atoms with E-state index in [0.29, 0.717) is 4.32 Å². The van der Waals surface area contributed by atoms with Gasteiger partial charge < -0.3 is 5.32 Å². The summed E-state index contributed by atoms with van der Waals surface area (Å²) in [5, 5.41) is 13.3. The number of thiocarbonyl (C=S) groups is 1. The molecule has 1 N–H and O–H groups in total. The van der Waals surface area contributed by atoms with Crippen molar-refractivity contribution in [3.05, 3.63) is 34.4 Å². The summed E-state index contributed by atoms with van der Waals surface area (Å²) < 4.78 is 0.638. The third-order valence-electron chi connectivity index (χ3n) is 1.51. The van der Waals surface area contributed by atoms with E-state index in [1.54, 1.807) is 12.1 Å². The summed E-state index contributed by atoms with van der Waals surface area (Å²) in [6, 6.07) is 6.12. The molecular formula is C8H8N2O2S2. The van der Waals surface area contributed by atoms with Gasteiger partial charge in [-0.05, 0) is 18.4 Å². The van der Waals surface area contributed by atoms with Gasteiger partial charge >= 0.3 is 0 Å². The van der Waals surface area contributed by atoms with Gasteiger partial charge in [0.1, 0.15) is 4.32 Å². The smallest absolute Gasteiger partial charge is 0.269 e. The predicted octanol–water partition coefficient (Wildman–Crippen LogP) is 2.65. The van der Waals surface area contributed by atoms with Crippen molar-refractivity contribution >= 4 is 39.7 Å². The first-order valence-electron chi connectivity index (χ1n) is 3.73. The zero-order valence-electron chi connectivity index (χ0n) is 7.39. The monoisotopic (exact) mass is 228 g/mol. The average molecular weight is 228 g/mol. The van der Waals surface area contributed by atoms with E-state index < -0.39 is 4.92 Å². The second kappa shape index (κ2) is 4.92. The third kappa shape index (κ3) is 2.97. The lowest BCUT2D eigenvalue weighted by molar-refractivity contribution is -0.384. The molecule has 0 saturated carbocycles. The Labute approximate surface area is 90.8 Å². The molecule has 74 valence electrons. The average Bonchev–Trinajstić information content (AvgIpc) is 2.18. The van der Waals surface area contributed by atoms with Gasteiger partial charge in [-0.3, -0.25) is 10.1 Å². The van der Waals surface area contributed by atoms with Crippen LogP contribution < -0.4 is 5.32 Å². The van der Waals surface area contributed by atoms with E-state index in [1.807, 2.05) is 6.26 Å². The topological polar surface area (TPSA) is 55.2 Å². The molecule has 0 heterocycles. The number of nitrogens with one attached hydrogen (secondary N) is 1. The fourth-order valence-electron chi connectivity index (χ4n) is 0.835. The number of anilines is 1. The van der Waals surface area contributed by atoms with Gasteiger partial charge in [0.2, 0.25) is 0 Å². The van der Waals surface area contributed by atoms with Crippen LogP contribution in [-0.4, -0.2) is 15.5 Å². The molecule has 6 heteroatoms. The van der Waals surface area contributed by atoms with E-state index in [-0.39, 0.29) is 5.69 Å². The highest BCUT2D eigenvalue weighted by atomic mass is 32.2. The first-order valence-corrected chi connectivity index (χ1v) is 5.36. The Kier molecular flexibility index (Phi) is 3.84. The fourth-order valence-corrected chi connectivity index (χ4v) is 1.17. The standard InChI is InChI=1S/C8H8N2O2S2/c1-14-8(13)9-6-2-4-7(5-3-6)10(11)12/h2-5H,1H3,(H,9,13). The van der Waals surface area contributed by atoms with E-state index in [1.165, 1.54) is 23.9 Å². The molecule has 0 aliphatic carbocycles. The van der Waals surface area contributed by atoms with E-state index >= 15 is 0 Å². The highest BCUT2D eigenvalue weighted by molar-refractivity contribution is 8.22. The normalized spacial score (nSPS) is 9.50. The van der Waals surface area contributed by atoms with Crippen molar-refractivity contribution in [2.45, 2.75) is 0 Å². The molecule has 1 rings (SSSR count). The van der Waals surface area contributed by atoms with Gasteiger partial charge in [-0.15, -0.1) is 11.8 Å². The number of hydrogen-bond donors (Lipinski definition) is 1. The summed E-state index contributed by atoms with van der Waals surface area (Å²) in [7, 11) is 0. The molecular weight excluding hydrogens is 220 g/mol. The second-order valence-corrected chi connectivity index (χ2v) is 3.90. The number of rotatable bonds is 2. The van der Waals surface area contributed by atoms with Crippen molar-refractivity contribution in [3.63, 3.8) is 0 Å². The van der Waals surface area contributed by atoms with Gasteiger partial charge in [0.25, 0.3) is 5.69 Å². The molecule has 4 nitrogen and oxygen atoms in total. The Hall–Kier alpha value is -1.14.